The Hall–Kier alpha value is -2.44. The van der Waals surface area contributed by atoms with E-state index in [1.54, 1.807) is 0 Å². The number of piperidine rings is 1. The zero-order valence-electron chi connectivity index (χ0n) is 15.2. The van der Waals surface area contributed by atoms with Crippen LogP contribution in [0.3, 0.4) is 0 Å². The topological polar surface area (TPSA) is 75.5 Å². The van der Waals surface area contributed by atoms with Crippen LogP contribution in [0.2, 0.25) is 5.02 Å². The maximum atomic E-state index is 12.6. The number of anilines is 1. The van der Waals surface area contributed by atoms with E-state index in [0.717, 1.165) is 32.5 Å². The molecule has 6 nitrogen and oxygen atoms in total. The summed E-state index contributed by atoms with van der Waals surface area (Å²) >= 11 is 6.06. The first-order valence-electron chi connectivity index (χ1n) is 8.95. The van der Waals surface area contributed by atoms with Crippen molar-refractivity contribution in [2.75, 3.05) is 18.4 Å². The number of hydrogen-bond acceptors (Lipinski definition) is 4. The van der Waals surface area contributed by atoms with E-state index in [9.17, 15) is 14.9 Å². The van der Waals surface area contributed by atoms with Gasteiger partial charge < -0.3 is 5.32 Å². The lowest BCUT2D eigenvalue weighted by Gasteiger charge is -2.31. The number of carbonyl (C=O) groups is 1. The van der Waals surface area contributed by atoms with Crippen molar-refractivity contribution in [2.45, 2.75) is 26.3 Å². The Morgan fingerprint density at radius 2 is 2.00 bits per heavy atom. The Morgan fingerprint density at radius 3 is 2.67 bits per heavy atom. The molecule has 2 aromatic carbocycles. The minimum atomic E-state index is -0.504. The van der Waals surface area contributed by atoms with Gasteiger partial charge in [-0.15, -0.1) is 0 Å². The highest BCUT2D eigenvalue weighted by Gasteiger charge is 2.26. The number of aryl methyl sites for hydroxylation is 1. The number of halogens is 1. The summed E-state index contributed by atoms with van der Waals surface area (Å²) in [4.78, 5) is 25.3. The van der Waals surface area contributed by atoms with E-state index in [1.807, 2.05) is 0 Å². The summed E-state index contributed by atoms with van der Waals surface area (Å²) in [5.74, 6) is -0.248. The molecule has 0 atom stereocenters. The van der Waals surface area contributed by atoms with Crippen LogP contribution in [0.5, 0.6) is 0 Å². The maximum absolute atomic E-state index is 12.6. The summed E-state index contributed by atoms with van der Waals surface area (Å²) in [5, 5.41) is 14.0. The van der Waals surface area contributed by atoms with Crippen LogP contribution in [0.15, 0.2) is 42.5 Å². The van der Waals surface area contributed by atoms with Crippen molar-refractivity contribution < 1.29 is 9.72 Å². The Morgan fingerprint density at radius 1 is 1.26 bits per heavy atom. The van der Waals surface area contributed by atoms with Crippen molar-refractivity contribution in [3.05, 3.63) is 68.7 Å². The number of nitro benzene ring substituents is 1. The fraction of sp³-hybridized carbons (Fsp3) is 0.350. The number of nitro groups is 1. The van der Waals surface area contributed by atoms with E-state index in [1.165, 1.54) is 29.3 Å². The third-order valence-electron chi connectivity index (χ3n) is 4.87. The van der Waals surface area contributed by atoms with Crippen molar-refractivity contribution in [2.24, 2.45) is 5.92 Å². The molecular formula is C20H22ClN3O3. The molecule has 1 N–H and O–H groups in total. The molecule has 0 bridgehead atoms. The monoisotopic (exact) mass is 387 g/mol. The molecule has 0 radical (unpaired) electrons. The molecule has 3 rings (SSSR count). The van der Waals surface area contributed by atoms with Gasteiger partial charge in [-0.3, -0.25) is 19.8 Å². The first kappa shape index (κ1) is 19.3. The molecule has 1 aliphatic rings. The van der Waals surface area contributed by atoms with Gasteiger partial charge in [-0.1, -0.05) is 41.4 Å². The molecule has 2 aromatic rings. The SMILES string of the molecule is Cc1cccc(CN2CCC(C(=O)Nc3cc([N+](=O)[O-])ccc3Cl)CC2)c1. The molecule has 1 fully saturated rings. The smallest absolute Gasteiger partial charge is 0.271 e. The number of hydrogen-bond donors (Lipinski definition) is 1. The maximum Gasteiger partial charge on any atom is 0.271 e. The molecule has 7 heteroatoms. The van der Waals surface area contributed by atoms with Crippen LogP contribution in [0.25, 0.3) is 0 Å². The van der Waals surface area contributed by atoms with E-state index in [0.29, 0.717) is 5.02 Å². The Labute approximate surface area is 163 Å². The summed E-state index contributed by atoms with van der Waals surface area (Å²) in [6.07, 6.45) is 1.51. The van der Waals surface area contributed by atoms with Crippen molar-refractivity contribution in [1.82, 2.24) is 4.90 Å². The molecule has 0 aromatic heterocycles. The highest BCUT2D eigenvalue weighted by molar-refractivity contribution is 6.33. The van der Waals surface area contributed by atoms with Gasteiger partial charge in [-0.25, -0.2) is 0 Å². The van der Waals surface area contributed by atoms with Crippen LogP contribution < -0.4 is 5.32 Å². The molecule has 0 aliphatic carbocycles. The molecule has 0 unspecified atom stereocenters. The second-order valence-electron chi connectivity index (χ2n) is 6.95. The Balaban J connectivity index is 1.56. The summed E-state index contributed by atoms with van der Waals surface area (Å²) in [5.41, 5.74) is 2.72. The highest BCUT2D eigenvalue weighted by atomic mass is 35.5. The average Bonchev–Trinajstić information content (AvgIpc) is 2.64. The van der Waals surface area contributed by atoms with E-state index >= 15 is 0 Å². The van der Waals surface area contributed by atoms with Crippen molar-refractivity contribution in [3.63, 3.8) is 0 Å². The van der Waals surface area contributed by atoms with Gasteiger partial charge in [-0.2, -0.15) is 0 Å². The third kappa shape index (κ3) is 5.05. The van der Waals surface area contributed by atoms with Gasteiger partial charge in [0, 0.05) is 24.6 Å². The zero-order valence-corrected chi connectivity index (χ0v) is 15.9. The van der Waals surface area contributed by atoms with Gasteiger partial charge in [0.25, 0.3) is 5.69 Å². The van der Waals surface area contributed by atoms with Crippen LogP contribution in [0.1, 0.15) is 24.0 Å². The van der Waals surface area contributed by atoms with Gasteiger partial charge in [0.05, 0.1) is 15.6 Å². The summed E-state index contributed by atoms with van der Waals surface area (Å²) in [6, 6.07) is 12.5. The first-order chi connectivity index (χ1) is 12.9. The van der Waals surface area contributed by atoms with Gasteiger partial charge in [0.2, 0.25) is 5.91 Å². The number of nitrogens with zero attached hydrogens (tertiary/aromatic N) is 2. The van der Waals surface area contributed by atoms with Crippen LogP contribution in [0, 0.1) is 23.0 Å². The van der Waals surface area contributed by atoms with E-state index in [-0.39, 0.29) is 23.2 Å². The molecule has 0 saturated carbocycles. The van der Waals surface area contributed by atoms with Gasteiger partial charge in [0.1, 0.15) is 0 Å². The normalized spacial score (nSPS) is 15.5. The van der Waals surface area contributed by atoms with E-state index in [4.69, 9.17) is 11.6 Å². The molecule has 0 spiro atoms. The fourth-order valence-corrected chi connectivity index (χ4v) is 3.54. The van der Waals surface area contributed by atoms with Crippen molar-refractivity contribution in [1.29, 1.82) is 0 Å². The first-order valence-corrected chi connectivity index (χ1v) is 9.33. The Kier molecular flexibility index (Phi) is 6.08. The molecule has 1 aliphatic heterocycles. The van der Waals surface area contributed by atoms with Gasteiger partial charge in [-0.05, 0) is 44.5 Å². The number of amides is 1. The average molecular weight is 388 g/mol. The highest BCUT2D eigenvalue weighted by Crippen LogP contribution is 2.28. The summed E-state index contributed by atoms with van der Waals surface area (Å²) in [7, 11) is 0. The van der Waals surface area contributed by atoms with E-state index in [2.05, 4.69) is 41.4 Å². The number of carbonyl (C=O) groups excluding carboxylic acids is 1. The predicted octanol–water partition coefficient (Wildman–Crippen LogP) is 4.41. The molecule has 1 heterocycles. The lowest BCUT2D eigenvalue weighted by atomic mass is 9.95. The lowest BCUT2D eigenvalue weighted by Crippen LogP contribution is -2.37. The van der Waals surface area contributed by atoms with E-state index < -0.39 is 4.92 Å². The summed E-state index contributed by atoms with van der Waals surface area (Å²) in [6.45, 7) is 4.65. The quantitative estimate of drug-likeness (QED) is 0.609. The minimum Gasteiger partial charge on any atom is -0.324 e. The van der Waals surface area contributed by atoms with Crippen LogP contribution in [-0.4, -0.2) is 28.8 Å². The second kappa shape index (κ2) is 8.50. The predicted molar refractivity (Wildman–Crippen MR) is 106 cm³/mol. The van der Waals surface area contributed by atoms with Gasteiger partial charge >= 0.3 is 0 Å². The number of benzene rings is 2. The number of likely N-dealkylation sites (tertiary alicyclic amines) is 1. The zero-order chi connectivity index (χ0) is 19.4. The lowest BCUT2D eigenvalue weighted by molar-refractivity contribution is -0.384. The Bertz CT molecular complexity index is 848. The van der Waals surface area contributed by atoms with Crippen LogP contribution in [-0.2, 0) is 11.3 Å². The standard InChI is InChI=1S/C20H22ClN3O3/c1-14-3-2-4-15(11-14)13-23-9-7-16(8-10-23)20(25)22-19-12-17(24(26)27)5-6-18(19)21/h2-6,11-12,16H,7-10,13H2,1H3,(H,22,25). The molecule has 142 valence electrons. The summed E-state index contributed by atoms with van der Waals surface area (Å²) < 4.78 is 0. The number of non-ortho nitro benzene ring substituents is 1. The number of nitrogens with one attached hydrogen (secondary N) is 1. The van der Waals surface area contributed by atoms with Crippen molar-refractivity contribution in [3.8, 4) is 0 Å². The van der Waals surface area contributed by atoms with Crippen LogP contribution in [0.4, 0.5) is 11.4 Å². The van der Waals surface area contributed by atoms with Crippen LogP contribution >= 0.6 is 11.6 Å². The molecule has 27 heavy (non-hydrogen) atoms. The van der Waals surface area contributed by atoms with Crippen molar-refractivity contribution >= 4 is 28.9 Å². The number of rotatable bonds is 5. The largest absolute Gasteiger partial charge is 0.324 e. The van der Waals surface area contributed by atoms with Gasteiger partial charge in [0.15, 0.2) is 0 Å². The minimum absolute atomic E-state index is 0.0947. The molecular weight excluding hydrogens is 366 g/mol. The second-order valence-corrected chi connectivity index (χ2v) is 7.36. The molecule has 1 amide bonds. The molecule has 1 saturated heterocycles. The third-order valence-corrected chi connectivity index (χ3v) is 5.20. The fourth-order valence-electron chi connectivity index (χ4n) is 3.38.